The van der Waals surface area contributed by atoms with Crippen molar-refractivity contribution in [3.8, 4) is 0 Å². The first kappa shape index (κ1) is 7.84. The lowest BCUT2D eigenvalue weighted by atomic mass is 10.3. The summed E-state index contributed by atoms with van der Waals surface area (Å²) >= 11 is 0. The van der Waals surface area contributed by atoms with E-state index in [0.29, 0.717) is 12.3 Å². The Bertz CT molecular complexity index is 241. The fourth-order valence-corrected chi connectivity index (χ4v) is 0.549. The van der Waals surface area contributed by atoms with Crippen LogP contribution >= 0.6 is 0 Å². The molecule has 1 aromatic rings. The number of halogens is 3. The first-order valence-electron chi connectivity index (χ1n) is 2.68. The van der Waals surface area contributed by atoms with Crippen LogP contribution in [-0.2, 0) is 6.18 Å². The molecule has 1 heterocycles. The van der Waals surface area contributed by atoms with E-state index in [0.717, 1.165) is 6.20 Å². The van der Waals surface area contributed by atoms with Crippen molar-refractivity contribution >= 4 is 0 Å². The van der Waals surface area contributed by atoms with E-state index in [2.05, 4.69) is 0 Å². The van der Waals surface area contributed by atoms with Gasteiger partial charge < -0.3 is 5.21 Å². The predicted octanol–water partition coefficient (Wildman–Crippen LogP) is 1.14. The Morgan fingerprint density at radius 2 is 2.09 bits per heavy atom. The molecule has 0 spiro atoms. The molecule has 0 atom stereocenters. The zero-order valence-electron chi connectivity index (χ0n) is 5.22. The lowest BCUT2D eigenvalue weighted by Crippen LogP contribution is -2.25. The van der Waals surface area contributed by atoms with E-state index in [9.17, 15) is 18.4 Å². The van der Waals surface area contributed by atoms with Gasteiger partial charge in [-0.05, 0) is 0 Å². The van der Waals surface area contributed by atoms with Gasteiger partial charge in [-0.3, -0.25) is 0 Å². The molecule has 0 saturated heterocycles. The molecule has 0 aliphatic rings. The molecule has 0 saturated carbocycles. The summed E-state index contributed by atoms with van der Waals surface area (Å²) in [4.78, 5) is 0. The number of nitrogens with zero attached hydrogens (tertiary/aromatic N) is 1. The highest BCUT2D eigenvalue weighted by Crippen LogP contribution is 2.27. The Hall–Kier alpha value is -1.26. The van der Waals surface area contributed by atoms with E-state index in [1.54, 1.807) is 6.07 Å². The molecule has 0 amide bonds. The van der Waals surface area contributed by atoms with Crippen molar-refractivity contribution in [2.75, 3.05) is 0 Å². The molecule has 0 aliphatic heterocycles. The van der Waals surface area contributed by atoms with E-state index < -0.39 is 11.7 Å². The number of aromatic nitrogens is 1. The molecule has 1 aromatic heterocycles. The van der Waals surface area contributed by atoms with Gasteiger partial charge in [-0.15, -0.1) is 0 Å². The molecule has 0 fully saturated rings. The summed E-state index contributed by atoms with van der Waals surface area (Å²) in [6.07, 6.45) is -2.96. The van der Waals surface area contributed by atoms with Crippen molar-refractivity contribution in [3.05, 3.63) is 35.3 Å². The quantitative estimate of drug-likeness (QED) is 0.415. The Morgan fingerprint density at radius 1 is 1.45 bits per heavy atom. The van der Waals surface area contributed by atoms with Crippen LogP contribution < -0.4 is 4.73 Å². The van der Waals surface area contributed by atoms with Gasteiger partial charge in [0.2, 0.25) is 0 Å². The molecule has 2 nitrogen and oxygen atoms in total. The highest BCUT2D eigenvalue weighted by molar-refractivity contribution is 5.09. The van der Waals surface area contributed by atoms with Gasteiger partial charge in [0.05, 0.1) is 11.6 Å². The third kappa shape index (κ3) is 1.83. The van der Waals surface area contributed by atoms with Crippen LogP contribution in [0.5, 0.6) is 0 Å². The van der Waals surface area contributed by atoms with Crippen molar-refractivity contribution in [1.82, 2.24) is 0 Å². The zero-order chi connectivity index (χ0) is 8.48. The maximum absolute atomic E-state index is 11.8. The van der Waals surface area contributed by atoms with Crippen molar-refractivity contribution in [2.45, 2.75) is 6.18 Å². The molecule has 0 bridgehead atoms. The minimum absolute atomic E-state index is 0.245. The summed E-state index contributed by atoms with van der Waals surface area (Å²) in [6, 6.07) is 2.48. The standard InChI is InChI=1S/C6H3F3NO/c7-6(8,9)5-1-3-10(11)4-2-5/h1,3-4H. The molecule has 11 heavy (non-hydrogen) atoms. The van der Waals surface area contributed by atoms with Crippen LogP contribution in [0.2, 0.25) is 0 Å². The van der Waals surface area contributed by atoms with Gasteiger partial charge in [0, 0.05) is 6.07 Å². The number of hydrogen-bond acceptors (Lipinski definition) is 1. The van der Waals surface area contributed by atoms with Crippen LogP contribution in [-0.4, -0.2) is 0 Å². The van der Waals surface area contributed by atoms with Crippen LogP contribution in [0.25, 0.3) is 0 Å². The summed E-state index contributed by atoms with van der Waals surface area (Å²) in [5.41, 5.74) is -0.940. The van der Waals surface area contributed by atoms with E-state index in [1.807, 2.05) is 0 Å². The van der Waals surface area contributed by atoms with Gasteiger partial charge in [0.15, 0.2) is 12.4 Å². The summed E-state index contributed by atoms with van der Waals surface area (Å²) < 4.78 is 35.6. The van der Waals surface area contributed by atoms with Crippen LogP contribution in [0.15, 0.2) is 18.5 Å². The van der Waals surface area contributed by atoms with Gasteiger partial charge in [0.25, 0.3) is 0 Å². The molecule has 1 radical (unpaired) electrons. The molecule has 0 aromatic carbocycles. The molecular weight excluding hydrogens is 159 g/mol. The Kier molecular flexibility index (Phi) is 1.72. The molecule has 0 N–H and O–H groups in total. The maximum atomic E-state index is 11.8. The van der Waals surface area contributed by atoms with E-state index in [4.69, 9.17) is 0 Å². The van der Waals surface area contributed by atoms with Gasteiger partial charge in [0.1, 0.15) is 0 Å². The van der Waals surface area contributed by atoms with Crippen LogP contribution in [0.4, 0.5) is 13.2 Å². The third-order valence-electron chi connectivity index (χ3n) is 1.04. The van der Waals surface area contributed by atoms with E-state index >= 15 is 0 Å². The average molecular weight is 162 g/mol. The second-order valence-corrected chi connectivity index (χ2v) is 1.86. The Balaban J connectivity index is 2.99. The maximum Gasteiger partial charge on any atom is 0.417 e. The smallest absolute Gasteiger partial charge is 0.417 e. The van der Waals surface area contributed by atoms with Crippen molar-refractivity contribution in [3.63, 3.8) is 0 Å². The molecular formula is C6H3F3NO. The minimum atomic E-state index is -4.42. The van der Waals surface area contributed by atoms with Gasteiger partial charge in [-0.2, -0.15) is 17.9 Å². The number of rotatable bonds is 0. The summed E-state index contributed by atoms with van der Waals surface area (Å²) in [5, 5.41) is 10.3. The molecule has 59 valence electrons. The number of alkyl halides is 3. The average Bonchev–Trinajstić information content (AvgIpc) is 1.86. The fourth-order valence-electron chi connectivity index (χ4n) is 0.549. The predicted molar refractivity (Wildman–Crippen MR) is 29.2 cm³/mol. The van der Waals surface area contributed by atoms with Crippen LogP contribution in [0.3, 0.4) is 0 Å². The molecule has 0 aliphatic carbocycles. The van der Waals surface area contributed by atoms with Crippen LogP contribution in [0, 0.1) is 11.3 Å². The van der Waals surface area contributed by atoms with Gasteiger partial charge >= 0.3 is 6.18 Å². The zero-order valence-corrected chi connectivity index (χ0v) is 5.22. The van der Waals surface area contributed by atoms with Crippen molar-refractivity contribution in [1.29, 1.82) is 0 Å². The van der Waals surface area contributed by atoms with E-state index in [-0.39, 0.29) is 4.73 Å². The number of pyridine rings is 1. The summed E-state index contributed by atoms with van der Waals surface area (Å²) in [6.45, 7) is 0. The van der Waals surface area contributed by atoms with Gasteiger partial charge in [-0.1, -0.05) is 0 Å². The highest BCUT2D eigenvalue weighted by Gasteiger charge is 2.31. The Morgan fingerprint density at radius 3 is 2.45 bits per heavy atom. The topological polar surface area (TPSA) is 26.9 Å². The lowest BCUT2D eigenvalue weighted by molar-refractivity contribution is -0.605. The second-order valence-electron chi connectivity index (χ2n) is 1.86. The van der Waals surface area contributed by atoms with Crippen molar-refractivity contribution in [2.24, 2.45) is 0 Å². The SMILES string of the molecule is [O-][n+]1c[c]c(C(F)(F)F)cc1. The monoisotopic (exact) mass is 162 g/mol. The van der Waals surface area contributed by atoms with Gasteiger partial charge in [-0.25, -0.2) is 0 Å². The summed E-state index contributed by atoms with van der Waals surface area (Å²) in [7, 11) is 0. The lowest BCUT2D eigenvalue weighted by Gasteiger charge is -2.03. The minimum Gasteiger partial charge on any atom is -0.619 e. The fraction of sp³-hybridized carbons (Fsp3) is 0.167. The molecule has 5 heteroatoms. The summed E-state index contributed by atoms with van der Waals surface area (Å²) in [5.74, 6) is 0. The first-order chi connectivity index (χ1) is 5.00. The largest absolute Gasteiger partial charge is 0.619 e. The molecule has 0 unspecified atom stereocenters. The third-order valence-corrected chi connectivity index (χ3v) is 1.04. The first-order valence-corrected chi connectivity index (χ1v) is 2.68. The Labute approximate surface area is 60.5 Å². The second kappa shape index (κ2) is 2.41. The normalized spacial score (nSPS) is 11.5. The number of hydrogen-bond donors (Lipinski definition) is 0. The van der Waals surface area contributed by atoms with Crippen LogP contribution in [0.1, 0.15) is 5.56 Å². The highest BCUT2D eigenvalue weighted by atomic mass is 19.4. The van der Waals surface area contributed by atoms with E-state index in [1.165, 1.54) is 0 Å². The molecule has 1 rings (SSSR count). The van der Waals surface area contributed by atoms with Crippen molar-refractivity contribution < 1.29 is 17.9 Å².